The summed E-state index contributed by atoms with van der Waals surface area (Å²) in [6.45, 7) is 0. The number of aromatic nitrogens is 1. The fraction of sp³-hybridized carbons (Fsp3) is 0.769. The van der Waals surface area contributed by atoms with E-state index in [1.54, 1.807) is 11.3 Å². The van der Waals surface area contributed by atoms with Gasteiger partial charge in [0.25, 0.3) is 0 Å². The number of rotatable bonds is 5. The predicted molar refractivity (Wildman–Crippen MR) is 71.5 cm³/mol. The Hall–Kier alpha value is -0.450. The third kappa shape index (κ3) is 2.87. The molecule has 1 heterocycles. The molecule has 0 radical (unpaired) electrons. The standard InChI is InChI=1S/C13H22N2OS/c1-14-12(8-11-9-15-10-17-11)13(16-2)6-4-3-5-7-13/h9-10,12,14H,3-8H2,1-2H3. The molecule has 1 saturated carbocycles. The van der Waals surface area contributed by atoms with Crippen molar-refractivity contribution in [3.05, 3.63) is 16.6 Å². The second-order valence-corrected chi connectivity index (χ2v) is 5.81. The molecule has 1 aromatic heterocycles. The van der Waals surface area contributed by atoms with Crippen LogP contribution in [0, 0.1) is 0 Å². The SMILES string of the molecule is CNC(Cc1cncs1)C1(OC)CCCCC1. The van der Waals surface area contributed by atoms with Gasteiger partial charge in [-0.05, 0) is 19.9 Å². The zero-order valence-electron chi connectivity index (χ0n) is 10.7. The van der Waals surface area contributed by atoms with E-state index in [9.17, 15) is 0 Å². The van der Waals surface area contributed by atoms with E-state index in [0.717, 1.165) is 6.42 Å². The average molecular weight is 254 g/mol. The molecule has 1 unspecified atom stereocenters. The minimum absolute atomic E-state index is 0.0248. The maximum Gasteiger partial charge on any atom is 0.0834 e. The summed E-state index contributed by atoms with van der Waals surface area (Å²) < 4.78 is 5.90. The Morgan fingerprint density at radius 3 is 2.76 bits per heavy atom. The smallest absolute Gasteiger partial charge is 0.0834 e. The first kappa shape index (κ1) is 13.0. The van der Waals surface area contributed by atoms with E-state index >= 15 is 0 Å². The predicted octanol–water partition coefficient (Wildman–Crippen LogP) is 2.62. The normalized spacial score (nSPS) is 21.3. The van der Waals surface area contributed by atoms with Crippen molar-refractivity contribution in [2.75, 3.05) is 14.2 Å². The van der Waals surface area contributed by atoms with Crippen LogP contribution in [0.4, 0.5) is 0 Å². The van der Waals surface area contributed by atoms with E-state index in [2.05, 4.69) is 10.3 Å². The minimum Gasteiger partial charge on any atom is -0.377 e. The van der Waals surface area contributed by atoms with E-state index in [4.69, 9.17) is 4.74 Å². The van der Waals surface area contributed by atoms with Gasteiger partial charge in [0.05, 0.1) is 11.1 Å². The largest absolute Gasteiger partial charge is 0.377 e. The van der Waals surface area contributed by atoms with Crippen LogP contribution < -0.4 is 5.32 Å². The maximum atomic E-state index is 5.90. The third-order valence-electron chi connectivity index (χ3n) is 3.98. The van der Waals surface area contributed by atoms with Gasteiger partial charge < -0.3 is 10.1 Å². The molecule has 1 aliphatic carbocycles. The fourth-order valence-electron chi connectivity index (χ4n) is 2.94. The van der Waals surface area contributed by atoms with Gasteiger partial charge in [-0.3, -0.25) is 4.98 Å². The Morgan fingerprint density at radius 2 is 2.24 bits per heavy atom. The summed E-state index contributed by atoms with van der Waals surface area (Å²) in [4.78, 5) is 5.49. The molecule has 2 rings (SSSR count). The van der Waals surface area contributed by atoms with Crippen molar-refractivity contribution in [1.29, 1.82) is 0 Å². The number of nitrogens with zero attached hydrogens (tertiary/aromatic N) is 1. The van der Waals surface area contributed by atoms with Crippen LogP contribution in [0.3, 0.4) is 0 Å². The Labute approximate surface area is 108 Å². The van der Waals surface area contributed by atoms with Crippen LogP contribution in [-0.2, 0) is 11.2 Å². The van der Waals surface area contributed by atoms with Crippen molar-refractivity contribution in [3.8, 4) is 0 Å². The van der Waals surface area contributed by atoms with E-state index in [0.29, 0.717) is 6.04 Å². The van der Waals surface area contributed by atoms with Gasteiger partial charge in [-0.15, -0.1) is 11.3 Å². The molecule has 0 amide bonds. The van der Waals surface area contributed by atoms with Gasteiger partial charge in [-0.1, -0.05) is 19.3 Å². The second kappa shape index (κ2) is 5.94. The number of hydrogen-bond donors (Lipinski definition) is 1. The molecule has 0 aliphatic heterocycles. The van der Waals surface area contributed by atoms with Gasteiger partial charge in [0.15, 0.2) is 0 Å². The van der Waals surface area contributed by atoms with Crippen LogP contribution >= 0.6 is 11.3 Å². The highest BCUT2D eigenvalue weighted by atomic mass is 32.1. The number of nitrogens with one attached hydrogen (secondary N) is 1. The maximum absolute atomic E-state index is 5.90. The van der Waals surface area contributed by atoms with Crippen LogP contribution in [-0.4, -0.2) is 30.8 Å². The number of ether oxygens (including phenoxy) is 1. The summed E-state index contributed by atoms with van der Waals surface area (Å²) in [5, 5.41) is 3.46. The lowest BCUT2D eigenvalue weighted by Gasteiger charge is -2.42. The number of hydrogen-bond acceptors (Lipinski definition) is 4. The van der Waals surface area contributed by atoms with Gasteiger partial charge >= 0.3 is 0 Å². The van der Waals surface area contributed by atoms with Crippen LogP contribution in [0.15, 0.2) is 11.7 Å². The molecule has 0 aromatic carbocycles. The summed E-state index contributed by atoms with van der Waals surface area (Å²) in [5.74, 6) is 0. The van der Waals surface area contributed by atoms with Gasteiger partial charge in [0.2, 0.25) is 0 Å². The van der Waals surface area contributed by atoms with Crippen molar-refractivity contribution in [2.24, 2.45) is 0 Å². The van der Waals surface area contributed by atoms with Crippen LogP contribution in [0.2, 0.25) is 0 Å². The highest BCUT2D eigenvalue weighted by Crippen LogP contribution is 2.35. The molecule has 1 aromatic rings. The lowest BCUT2D eigenvalue weighted by atomic mass is 9.78. The molecule has 1 fully saturated rings. The first-order valence-corrected chi connectivity index (χ1v) is 7.28. The second-order valence-electron chi connectivity index (χ2n) is 4.84. The van der Waals surface area contributed by atoms with E-state index in [1.165, 1.54) is 37.0 Å². The molecule has 96 valence electrons. The molecule has 17 heavy (non-hydrogen) atoms. The van der Waals surface area contributed by atoms with Gasteiger partial charge in [-0.2, -0.15) is 0 Å². The molecule has 0 spiro atoms. The van der Waals surface area contributed by atoms with Crippen LogP contribution in [0.25, 0.3) is 0 Å². The van der Waals surface area contributed by atoms with E-state index < -0.39 is 0 Å². The summed E-state index contributed by atoms with van der Waals surface area (Å²) in [7, 11) is 3.91. The number of likely N-dealkylation sites (N-methyl/N-ethyl adjacent to an activating group) is 1. The monoisotopic (exact) mass is 254 g/mol. The number of thiazole rings is 1. The molecule has 1 N–H and O–H groups in total. The van der Waals surface area contributed by atoms with Crippen molar-refractivity contribution >= 4 is 11.3 Å². The summed E-state index contributed by atoms with van der Waals surface area (Å²) in [6, 6.07) is 0.397. The zero-order chi connectivity index (χ0) is 12.1. The molecule has 0 saturated heterocycles. The lowest BCUT2D eigenvalue weighted by molar-refractivity contribution is -0.0655. The first-order valence-electron chi connectivity index (χ1n) is 6.40. The molecule has 4 heteroatoms. The topological polar surface area (TPSA) is 34.2 Å². The van der Waals surface area contributed by atoms with Crippen LogP contribution in [0.5, 0.6) is 0 Å². The molecule has 1 aliphatic rings. The fourth-order valence-corrected chi connectivity index (χ4v) is 3.58. The summed E-state index contributed by atoms with van der Waals surface area (Å²) >= 11 is 1.73. The Balaban J connectivity index is 2.09. The Bertz CT molecular complexity index is 320. The molecule has 3 nitrogen and oxygen atoms in total. The Morgan fingerprint density at radius 1 is 1.47 bits per heavy atom. The zero-order valence-corrected chi connectivity index (χ0v) is 11.6. The quantitative estimate of drug-likeness (QED) is 0.877. The number of methoxy groups -OCH3 is 1. The van der Waals surface area contributed by atoms with Crippen molar-refractivity contribution in [2.45, 2.75) is 50.2 Å². The minimum atomic E-state index is 0.0248. The van der Waals surface area contributed by atoms with Crippen LogP contribution in [0.1, 0.15) is 37.0 Å². The van der Waals surface area contributed by atoms with Gasteiger partial charge in [0.1, 0.15) is 0 Å². The molecular weight excluding hydrogens is 232 g/mol. The highest BCUT2D eigenvalue weighted by Gasteiger charge is 2.39. The van der Waals surface area contributed by atoms with E-state index in [-0.39, 0.29) is 5.60 Å². The average Bonchev–Trinajstić information content (AvgIpc) is 2.89. The molecule has 0 bridgehead atoms. The van der Waals surface area contributed by atoms with Gasteiger partial charge in [0, 0.05) is 30.6 Å². The lowest BCUT2D eigenvalue weighted by Crippen LogP contribution is -2.53. The first-order chi connectivity index (χ1) is 8.30. The molecule has 1 atom stereocenters. The summed E-state index contributed by atoms with van der Waals surface area (Å²) in [6.07, 6.45) is 9.27. The van der Waals surface area contributed by atoms with Crippen molar-refractivity contribution < 1.29 is 4.74 Å². The molecular formula is C13H22N2OS. The third-order valence-corrected chi connectivity index (χ3v) is 4.78. The summed E-state index contributed by atoms with van der Waals surface area (Å²) in [5.41, 5.74) is 1.93. The van der Waals surface area contributed by atoms with E-state index in [1.807, 2.05) is 25.9 Å². The van der Waals surface area contributed by atoms with Crippen molar-refractivity contribution in [1.82, 2.24) is 10.3 Å². The van der Waals surface area contributed by atoms with Gasteiger partial charge in [-0.25, -0.2) is 0 Å². The highest BCUT2D eigenvalue weighted by molar-refractivity contribution is 7.09. The Kier molecular flexibility index (Phi) is 4.54. The van der Waals surface area contributed by atoms with Crippen molar-refractivity contribution in [3.63, 3.8) is 0 Å².